The predicted molar refractivity (Wildman–Crippen MR) is 99.0 cm³/mol. The van der Waals surface area contributed by atoms with E-state index in [9.17, 15) is 0 Å². The minimum atomic E-state index is 0.115. The molecule has 1 aliphatic heterocycles. The van der Waals surface area contributed by atoms with E-state index in [2.05, 4.69) is 82.3 Å². The third kappa shape index (κ3) is 2.69. The molecule has 0 bridgehead atoms. The van der Waals surface area contributed by atoms with Gasteiger partial charge < -0.3 is 0 Å². The zero-order chi connectivity index (χ0) is 16.7. The average Bonchev–Trinajstić information content (AvgIpc) is 3.06. The van der Waals surface area contributed by atoms with Gasteiger partial charge in [0.15, 0.2) is 0 Å². The van der Waals surface area contributed by atoms with Crippen molar-refractivity contribution >= 4 is 27.6 Å². The Balaban J connectivity index is 1.78. The van der Waals surface area contributed by atoms with Crippen LogP contribution in [0.3, 0.4) is 0 Å². The van der Waals surface area contributed by atoms with Crippen LogP contribution in [0, 0.1) is 13.8 Å². The summed E-state index contributed by atoms with van der Waals surface area (Å²) in [5.41, 5.74) is 6.01. The van der Waals surface area contributed by atoms with Crippen LogP contribution in [0.25, 0.3) is 0 Å². The summed E-state index contributed by atoms with van der Waals surface area (Å²) in [4.78, 5) is 9.06. The van der Waals surface area contributed by atoms with Gasteiger partial charge in [-0.05, 0) is 54.3 Å². The minimum Gasteiger partial charge on any atom is -0.222 e. The summed E-state index contributed by atoms with van der Waals surface area (Å²) < 4.78 is 2.98. The molecule has 0 N–H and O–H groups in total. The van der Waals surface area contributed by atoms with E-state index in [0.29, 0.717) is 5.95 Å². The normalized spacial score (nSPS) is 16.6. The van der Waals surface area contributed by atoms with Gasteiger partial charge in [-0.25, -0.2) is 9.67 Å². The van der Waals surface area contributed by atoms with Crippen LogP contribution in [0.5, 0.6) is 0 Å². The van der Waals surface area contributed by atoms with E-state index < -0.39 is 0 Å². The number of benzene rings is 2. The number of aryl methyl sites for hydroxylation is 2. The Morgan fingerprint density at radius 3 is 2.58 bits per heavy atom. The van der Waals surface area contributed by atoms with Crippen molar-refractivity contribution in [3.8, 4) is 0 Å². The van der Waals surface area contributed by atoms with Gasteiger partial charge in [0.2, 0.25) is 5.95 Å². The summed E-state index contributed by atoms with van der Waals surface area (Å²) in [7, 11) is 0. The molecule has 0 spiro atoms. The predicted octanol–water partition coefficient (Wildman–Crippen LogP) is 4.77. The second-order valence-electron chi connectivity index (χ2n) is 6.13. The van der Waals surface area contributed by atoms with Crippen molar-refractivity contribution < 1.29 is 0 Å². The number of fused-ring (bicyclic) bond motifs is 1. The van der Waals surface area contributed by atoms with Crippen molar-refractivity contribution in [1.29, 1.82) is 0 Å². The molecule has 0 saturated carbocycles. The average molecular weight is 381 g/mol. The van der Waals surface area contributed by atoms with Crippen LogP contribution < -0.4 is 0 Å². The van der Waals surface area contributed by atoms with E-state index in [1.807, 2.05) is 4.68 Å². The molecule has 4 nitrogen and oxygen atoms in total. The molecule has 24 heavy (non-hydrogen) atoms. The summed E-state index contributed by atoms with van der Waals surface area (Å²) in [5, 5.41) is 4.38. The molecular formula is C19H17BrN4. The topological polar surface area (TPSA) is 43.1 Å². The van der Waals surface area contributed by atoms with E-state index in [-0.39, 0.29) is 6.04 Å². The van der Waals surface area contributed by atoms with Gasteiger partial charge in [-0.2, -0.15) is 10.1 Å². The summed E-state index contributed by atoms with van der Waals surface area (Å²) >= 11 is 3.50. The first-order valence-corrected chi connectivity index (χ1v) is 8.71. The van der Waals surface area contributed by atoms with Crippen LogP contribution >= 0.6 is 15.9 Å². The maximum Gasteiger partial charge on any atom is 0.248 e. The van der Waals surface area contributed by atoms with Gasteiger partial charge in [0.1, 0.15) is 6.33 Å². The third-order valence-electron chi connectivity index (χ3n) is 4.57. The molecule has 0 radical (unpaired) electrons. The molecule has 0 fully saturated rings. The van der Waals surface area contributed by atoms with Crippen molar-refractivity contribution in [2.24, 2.45) is 4.99 Å². The Bertz CT molecular complexity index is 925. The Kier molecular flexibility index (Phi) is 3.81. The quantitative estimate of drug-likeness (QED) is 0.642. The van der Waals surface area contributed by atoms with E-state index in [0.717, 1.165) is 22.2 Å². The van der Waals surface area contributed by atoms with E-state index >= 15 is 0 Å². The fourth-order valence-electron chi connectivity index (χ4n) is 3.03. The number of hydrogen-bond acceptors (Lipinski definition) is 3. The maximum atomic E-state index is 4.74. The molecule has 1 unspecified atom stereocenters. The molecule has 1 aliphatic rings. The van der Waals surface area contributed by atoms with Crippen LogP contribution in [0.2, 0.25) is 0 Å². The molecule has 2 aromatic carbocycles. The zero-order valence-electron chi connectivity index (χ0n) is 13.6. The highest BCUT2D eigenvalue weighted by Gasteiger charge is 2.26. The zero-order valence-corrected chi connectivity index (χ0v) is 15.2. The molecule has 1 atom stereocenters. The van der Waals surface area contributed by atoms with Crippen LogP contribution in [0.15, 0.2) is 58.3 Å². The Labute approximate surface area is 149 Å². The summed E-state index contributed by atoms with van der Waals surface area (Å²) in [6, 6.07) is 15.0. The van der Waals surface area contributed by atoms with Crippen LogP contribution in [0.4, 0.5) is 5.95 Å². The molecule has 120 valence electrons. The number of hydrogen-bond donors (Lipinski definition) is 0. The second-order valence-corrected chi connectivity index (χ2v) is 7.05. The Hall–Kier alpha value is -2.27. The first kappa shape index (κ1) is 15.3. The first-order valence-electron chi connectivity index (χ1n) is 7.92. The van der Waals surface area contributed by atoms with Crippen molar-refractivity contribution in [2.75, 3.05) is 0 Å². The highest BCUT2D eigenvalue weighted by atomic mass is 79.9. The smallest absolute Gasteiger partial charge is 0.222 e. The second kappa shape index (κ2) is 5.98. The monoisotopic (exact) mass is 380 g/mol. The molecule has 0 aliphatic carbocycles. The third-order valence-corrected chi connectivity index (χ3v) is 5.09. The lowest BCUT2D eigenvalue weighted by atomic mass is 9.94. The fourth-order valence-corrected chi connectivity index (χ4v) is 3.29. The summed E-state index contributed by atoms with van der Waals surface area (Å²) in [6.07, 6.45) is 2.38. The van der Waals surface area contributed by atoms with E-state index in [1.165, 1.54) is 16.7 Å². The minimum absolute atomic E-state index is 0.115. The van der Waals surface area contributed by atoms with Gasteiger partial charge in [0.25, 0.3) is 0 Å². The lowest BCUT2D eigenvalue weighted by molar-refractivity contribution is 0.531. The molecule has 2 heterocycles. The van der Waals surface area contributed by atoms with E-state index in [4.69, 9.17) is 4.99 Å². The Morgan fingerprint density at radius 1 is 1.04 bits per heavy atom. The van der Waals surface area contributed by atoms with Gasteiger partial charge >= 0.3 is 0 Å². The van der Waals surface area contributed by atoms with Gasteiger partial charge in [0, 0.05) is 10.9 Å². The van der Waals surface area contributed by atoms with Crippen molar-refractivity contribution in [2.45, 2.75) is 26.3 Å². The number of rotatable bonds is 2. The summed E-state index contributed by atoms with van der Waals surface area (Å²) in [5.74, 6) is 0.669. The van der Waals surface area contributed by atoms with E-state index in [1.54, 1.807) is 6.33 Å². The number of halogens is 1. The van der Waals surface area contributed by atoms with Gasteiger partial charge in [-0.15, -0.1) is 0 Å². The van der Waals surface area contributed by atoms with Crippen molar-refractivity contribution in [3.05, 3.63) is 75.5 Å². The molecular weight excluding hydrogens is 364 g/mol. The highest BCUT2D eigenvalue weighted by molar-refractivity contribution is 9.10. The lowest BCUT2D eigenvalue weighted by Gasteiger charge is -2.24. The van der Waals surface area contributed by atoms with Crippen LogP contribution in [0.1, 0.15) is 34.7 Å². The lowest BCUT2D eigenvalue weighted by Crippen LogP contribution is -2.21. The van der Waals surface area contributed by atoms with Gasteiger partial charge in [-0.3, -0.25) is 0 Å². The summed E-state index contributed by atoms with van der Waals surface area (Å²) in [6.45, 7) is 4.26. The van der Waals surface area contributed by atoms with Crippen LogP contribution in [-0.4, -0.2) is 20.5 Å². The fraction of sp³-hybridized carbons (Fsp3) is 0.211. The Morgan fingerprint density at radius 2 is 1.83 bits per heavy atom. The van der Waals surface area contributed by atoms with Crippen molar-refractivity contribution in [3.63, 3.8) is 0 Å². The highest BCUT2D eigenvalue weighted by Crippen LogP contribution is 2.32. The molecule has 5 heteroatoms. The number of aromatic nitrogens is 3. The molecule has 1 aromatic heterocycles. The standard InChI is InChI=1S/C19H17BrN4/c1-12-3-4-15(9-13(12)2)17-10-18(14-5-7-16(20)8-6-14)24-19(23-17)21-11-22-24/h3-9,11,18H,10H2,1-2H3. The SMILES string of the molecule is Cc1ccc(C2=Nc3ncnn3C(c3ccc(Br)cc3)C2)cc1C. The molecule has 4 rings (SSSR count). The van der Waals surface area contributed by atoms with Gasteiger partial charge in [0.05, 0.1) is 11.8 Å². The maximum absolute atomic E-state index is 4.74. The number of nitrogens with zero attached hydrogens (tertiary/aromatic N) is 4. The largest absolute Gasteiger partial charge is 0.248 e. The van der Waals surface area contributed by atoms with Crippen LogP contribution in [-0.2, 0) is 0 Å². The van der Waals surface area contributed by atoms with Gasteiger partial charge in [-0.1, -0.05) is 40.2 Å². The van der Waals surface area contributed by atoms with Crippen molar-refractivity contribution in [1.82, 2.24) is 14.8 Å². The number of aliphatic imine (C=N–C) groups is 1. The molecule has 0 amide bonds. The molecule has 3 aromatic rings. The first-order chi connectivity index (χ1) is 11.6. The molecule has 0 saturated heterocycles.